The van der Waals surface area contributed by atoms with E-state index in [1.165, 1.54) is 0 Å². The molecule has 22 heavy (non-hydrogen) atoms. The average Bonchev–Trinajstić information content (AvgIpc) is 2.45. The smallest absolute Gasteiger partial charge is 0.422 e. The summed E-state index contributed by atoms with van der Waals surface area (Å²) in [6.45, 7) is 0.800. The molecule has 0 spiro atoms. The van der Waals surface area contributed by atoms with Crippen LogP contribution >= 0.6 is 11.8 Å². The van der Waals surface area contributed by atoms with E-state index < -0.39 is 24.4 Å². The van der Waals surface area contributed by atoms with E-state index in [1.807, 2.05) is 0 Å². The highest BCUT2D eigenvalue weighted by molar-refractivity contribution is 7.99. The summed E-state index contributed by atoms with van der Waals surface area (Å²) in [6, 6.07) is -0.781. The van der Waals surface area contributed by atoms with Crippen LogP contribution in [0.4, 0.5) is 18.0 Å². The van der Waals surface area contributed by atoms with Crippen LogP contribution in [0.2, 0.25) is 0 Å². The molecule has 0 unspecified atom stereocenters. The van der Waals surface area contributed by atoms with Gasteiger partial charge in [0.05, 0.1) is 19.4 Å². The van der Waals surface area contributed by atoms with Crippen LogP contribution in [0.15, 0.2) is 12.3 Å². The minimum atomic E-state index is -4.92. The highest BCUT2D eigenvalue weighted by atomic mass is 32.2. The van der Waals surface area contributed by atoms with Gasteiger partial charge in [-0.3, -0.25) is 0 Å². The van der Waals surface area contributed by atoms with Crippen molar-refractivity contribution >= 4 is 17.8 Å². The van der Waals surface area contributed by atoms with Crippen molar-refractivity contribution in [1.82, 2.24) is 10.6 Å². The SMILES string of the molecule is CCO/C=C/[C@](O)(CNC(=O)N[C@@H]1CCCSC1)C(F)(F)F. The quantitative estimate of drug-likeness (QED) is 0.646. The Morgan fingerprint density at radius 2 is 2.23 bits per heavy atom. The number of aliphatic hydroxyl groups is 1. The van der Waals surface area contributed by atoms with E-state index in [0.29, 0.717) is 6.08 Å². The third-order valence-electron chi connectivity index (χ3n) is 3.11. The van der Waals surface area contributed by atoms with Gasteiger partial charge in [0.2, 0.25) is 0 Å². The van der Waals surface area contributed by atoms with E-state index in [9.17, 15) is 23.1 Å². The number of thioether (sulfide) groups is 1. The van der Waals surface area contributed by atoms with E-state index in [0.717, 1.165) is 30.6 Å². The lowest BCUT2D eigenvalue weighted by Gasteiger charge is -2.28. The Labute approximate surface area is 131 Å². The van der Waals surface area contributed by atoms with Crippen LogP contribution in [0.25, 0.3) is 0 Å². The van der Waals surface area contributed by atoms with Crippen LogP contribution in [0.1, 0.15) is 19.8 Å². The van der Waals surface area contributed by atoms with Crippen molar-refractivity contribution in [3.63, 3.8) is 0 Å². The zero-order valence-electron chi connectivity index (χ0n) is 12.3. The molecule has 128 valence electrons. The second-order valence-electron chi connectivity index (χ2n) is 4.92. The van der Waals surface area contributed by atoms with Crippen molar-refractivity contribution in [3.05, 3.63) is 12.3 Å². The van der Waals surface area contributed by atoms with Gasteiger partial charge in [-0.05, 0) is 31.6 Å². The summed E-state index contributed by atoms with van der Waals surface area (Å²) in [5, 5.41) is 14.4. The fourth-order valence-electron chi connectivity index (χ4n) is 1.82. The molecule has 2 amide bonds. The van der Waals surface area contributed by atoms with E-state index >= 15 is 0 Å². The van der Waals surface area contributed by atoms with E-state index in [2.05, 4.69) is 15.4 Å². The number of hydrogen-bond donors (Lipinski definition) is 3. The molecule has 1 fully saturated rings. The molecule has 0 aromatic carbocycles. The number of ether oxygens (including phenoxy) is 1. The first-order chi connectivity index (χ1) is 10.3. The molecule has 0 radical (unpaired) electrons. The van der Waals surface area contributed by atoms with Crippen LogP contribution in [-0.4, -0.2) is 53.6 Å². The van der Waals surface area contributed by atoms with Gasteiger partial charge in [0, 0.05) is 11.8 Å². The van der Waals surface area contributed by atoms with Crippen LogP contribution < -0.4 is 10.6 Å². The normalized spacial score (nSPS) is 22.1. The molecule has 0 saturated carbocycles. The van der Waals surface area contributed by atoms with Crippen molar-refractivity contribution in [2.75, 3.05) is 24.7 Å². The van der Waals surface area contributed by atoms with Gasteiger partial charge in [0.25, 0.3) is 0 Å². The Balaban J connectivity index is 2.53. The molecule has 0 aromatic rings. The molecule has 5 nitrogen and oxygen atoms in total. The van der Waals surface area contributed by atoms with Crippen molar-refractivity contribution < 1.29 is 27.8 Å². The third-order valence-corrected chi connectivity index (χ3v) is 4.33. The second kappa shape index (κ2) is 8.52. The molecule has 1 aliphatic heterocycles. The standard InChI is InChI=1S/C13H21F3N2O3S/c1-2-21-6-5-12(20,13(14,15)16)9-17-11(19)18-10-4-3-7-22-8-10/h5-6,10,20H,2-4,7-9H2,1H3,(H2,17,18,19)/b6-5+/t10-,12+/m1/s1. The van der Waals surface area contributed by atoms with Gasteiger partial charge >= 0.3 is 12.2 Å². The van der Waals surface area contributed by atoms with Crippen LogP contribution in [-0.2, 0) is 4.74 Å². The van der Waals surface area contributed by atoms with Gasteiger partial charge in [-0.1, -0.05) is 0 Å². The number of urea groups is 1. The Hall–Kier alpha value is -1.09. The van der Waals surface area contributed by atoms with Crippen molar-refractivity contribution in [3.8, 4) is 0 Å². The van der Waals surface area contributed by atoms with Crippen molar-refractivity contribution in [2.45, 2.75) is 37.6 Å². The van der Waals surface area contributed by atoms with Gasteiger partial charge in [-0.25, -0.2) is 4.79 Å². The predicted octanol–water partition coefficient (Wildman–Crippen LogP) is 2.02. The number of rotatable bonds is 6. The van der Waals surface area contributed by atoms with Gasteiger partial charge in [0.1, 0.15) is 0 Å². The molecule has 0 aromatic heterocycles. The zero-order valence-corrected chi connectivity index (χ0v) is 13.1. The summed E-state index contributed by atoms with van der Waals surface area (Å²) in [7, 11) is 0. The zero-order chi connectivity index (χ0) is 16.6. The largest absolute Gasteiger partial charge is 0.502 e. The predicted molar refractivity (Wildman–Crippen MR) is 78.7 cm³/mol. The molecular formula is C13H21F3N2O3S. The Bertz CT molecular complexity index is 387. The van der Waals surface area contributed by atoms with Crippen molar-refractivity contribution in [1.29, 1.82) is 0 Å². The highest BCUT2D eigenvalue weighted by Gasteiger charge is 2.52. The summed E-state index contributed by atoms with van der Waals surface area (Å²) >= 11 is 1.69. The lowest BCUT2D eigenvalue weighted by molar-refractivity contribution is -0.237. The average molecular weight is 342 g/mol. The van der Waals surface area contributed by atoms with E-state index in [4.69, 9.17) is 0 Å². The summed E-state index contributed by atoms with van der Waals surface area (Å²) in [6.07, 6.45) is -1.89. The molecular weight excluding hydrogens is 321 g/mol. The molecule has 0 bridgehead atoms. The van der Waals surface area contributed by atoms with Crippen LogP contribution in [0.5, 0.6) is 0 Å². The first kappa shape index (κ1) is 19.0. The van der Waals surface area contributed by atoms with E-state index in [-0.39, 0.29) is 12.6 Å². The molecule has 0 aliphatic carbocycles. The molecule has 2 atom stereocenters. The van der Waals surface area contributed by atoms with Gasteiger partial charge < -0.3 is 20.5 Å². The molecule has 9 heteroatoms. The molecule has 1 saturated heterocycles. The van der Waals surface area contributed by atoms with Gasteiger partial charge in [-0.15, -0.1) is 0 Å². The minimum Gasteiger partial charge on any atom is -0.502 e. The second-order valence-corrected chi connectivity index (χ2v) is 6.07. The maximum absolute atomic E-state index is 12.9. The maximum atomic E-state index is 12.9. The number of alkyl halides is 3. The fourth-order valence-corrected chi connectivity index (χ4v) is 2.89. The first-order valence-corrected chi connectivity index (χ1v) is 8.14. The maximum Gasteiger partial charge on any atom is 0.422 e. The number of amides is 2. The lowest BCUT2D eigenvalue weighted by Crippen LogP contribution is -2.55. The van der Waals surface area contributed by atoms with Crippen LogP contribution in [0.3, 0.4) is 0 Å². The monoisotopic (exact) mass is 342 g/mol. The Morgan fingerprint density at radius 1 is 1.50 bits per heavy atom. The number of carbonyl (C=O) groups excluding carboxylic acids is 1. The minimum absolute atomic E-state index is 0.0586. The number of halogens is 3. The number of nitrogens with one attached hydrogen (secondary N) is 2. The Morgan fingerprint density at radius 3 is 2.77 bits per heavy atom. The molecule has 1 heterocycles. The lowest BCUT2D eigenvalue weighted by atomic mass is 10.0. The highest BCUT2D eigenvalue weighted by Crippen LogP contribution is 2.31. The molecule has 1 rings (SSSR count). The van der Waals surface area contributed by atoms with Crippen molar-refractivity contribution in [2.24, 2.45) is 0 Å². The fraction of sp³-hybridized carbons (Fsp3) is 0.769. The summed E-state index contributed by atoms with van der Waals surface area (Å²) in [5.74, 6) is 1.76. The summed E-state index contributed by atoms with van der Waals surface area (Å²) in [5.41, 5.74) is -3.17. The number of carbonyl (C=O) groups is 1. The molecule has 3 N–H and O–H groups in total. The summed E-state index contributed by atoms with van der Waals surface area (Å²) < 4.78 is 43.4. The summed E-state index contributed by atoms with van der Waals surface area (Å²) in [4.78, 5) is 11.6. The Kier molecular flexibility index (Phi) is 7.34. The van der Waals surface area contributed by atoms with Crippen LogP contribution in [0, 0.1) is 0 Å². The number of hydrogen-bond acceptors (Lipinski definition) is 4. The first-order valence-electron chi connectivity index (χ1n) is 6.99. The molecule has 1 aliphatic rings. The van der Waals surface area contributed by atoms with Gasteiger partial charge in [-0.2, -0.15) is 24.9 Å². The van der Waals surface area contributed by atoms with E-state index in [1.54, 1.807) is 18.7 Å². The topological polar surface area (TPSA) is 70.6 Å². The van der Waals surface area contributed by atoms with Gasteiger partial charge in [0.15, 0.2) is 5.60 Å². The third kappa shape index (κ3) is 5.96.